The lowest BCUT2D eigenvalue weighted by atomic mass is 9.95. The number of benzene rings is 4. The SMILES string of the molecule is C[C@@H]1CC(=O)Nc2cc(CC3CC(=O)Nc4cccc(C(=O)Nc5ccc6c(c5)OCO6)c4N3)cc(-c3ccc(NC(=O)OC(C)(C)C)cc3)c2N1. The first-order valence-electron chi connectivity index (χ1n) is 17.1. The van der Waals surface area contributed by atoms with E-state index < -0.39 is 17.7 Å². The van der Waals surface area contributed by atoms with Crippen LogP contribution < -0.4 is 41.4 Å². The molecule has 1 unspecified atom stereocenters. The number of amides is 4. The average molecular weight is 705 g/mol. The van der Waals surface area contributed by atoms with Crippen LogP contribution in [0, 0.1) is 0 Å². The number of anilines is 6. The van der Waals surface area contributed by atoms with Crippen molar-refractivity contribution in [3.63, 3.8) is 0 Å². The fraction of sp³-hybridized carbons (Fsp3) is 0.282. The Bertz CT molecular complexity index is 2070. The molecule has 13 nitrogen and oxygen atoms in total. The standard InChI is InChI=1S/C39H40N6O7/c1-21-14-33(46)45-30-17-22(16-28(36(30)40-21)23-8-10-24(11-9-23)43-38(49)52-39(2,3)4)15-26-19-34(47)44-29-7-5-6-27(35(29)41-26)37(48)42-25-12-13-31-32(18-25)51-20-50-31/h5-13,16-18,21,26,40-41H,14-15,19-20H2,1-4H3,(H,42,48)(H,43,49)(H,44,47)(H,45,46)/t21-,26?/m1/s1. The lowest BCUT2D eigenvalue weighted by Crippen LogP contribution is -2.27. The van der Waals surface area contributed by atoms with Gasteiger partial charge in [-0.2, -0.15) is 0 Å². The van der Waals surface area contributed by atoms with Gasteiger partial charge in [-0.05, 0) is 93.8 Å². The van der Waals surface area contributed by atoms with Crippen LogP contribution in [0.3, 0.4) is 0 Å². The molecule has 13 heteroatoms. The molecule has 4 aromatic rings. The number of hydrogen-bond acceptors (Lipinski definition) is 9. The van der Waals surface area contributed by atoms with Crippen LogP contribution in [0.5, 0.6) is 11.5 Å². The highest BCUT2D eigenvalue weighted by atomic mass is 16.7. The topological polar surface area (TPSA) is 168 Å². The van der Waals surface area contributed by atoms with Crippen LogP contribution in [0.1, 0.15) is 56.5 Å². The van der Waals surface area contributed by atoms with Crippen molar-refractivity contribution in [2.45, 2.75) is 64.6 Å². The third kappa shape index (κ3) is 7.73. The average Bonchev–Trinajstić information content (AvgIpc) is 3.40. The number of nitrogens with one attached hydrogen (secondary N) is 6. The van der Waals surface area contributed by atoms with E-state index in [2.05, 4.69) is 31.9 Å². The maximum absolute atomic E-state index is 13.6. The molecule has 4 amide bonds. The van der Waals surface area contributed by atoms with Crippen molar-refractivity contribution in [3.05, 3.63) is 83.9 Å². The van der Waals surface area contributed by atoms with Crippen molar-refractivity contribution in [2.24, 2.45) is 0 Å². The summed E-state index contributed by atoms with van der Waals surface area (Å²) in [6.45, 7) is 7.48. The van der Waals surface area contributed by atoms with E-state index >= 15 is 0 Å². The number of hydrogen-bond donors (Lipinski definition) is 6. The van der Waals surface area contributed by atoms with Crippen LogP contribution in [0.25, 0.3) is 11.1 Å². The van der Waals surface area contributed by atoms with Crippen LogP contribution in [-0.4, -0.2) is 48.3 Å². The van der Waals surface area contributed by atoms with E-state index in [4.69, 9.17) is 14.2 Å². The van der Waals surface area contributed by atoms with E-state index in [1.807, 2.05) is 31.2 Å². The summed E-state index contributed by atoms with van der Waals surface area (Å²) in [6.07, 6.45) is 0.274. The molecule has 0 radical (unpaired) electrons. The molecule has 7 rings (SSSR count). The van der Waals surface area contributed by atoms with E-state index in [0.717, 1.165) is 22.4 Å². The van der Waals surface area contributed by atoms with Gasteiger partial charge in [0.25, 0.3) is 5.91 Å². The lowest BCUT2D eigenvalue weighted by Gasteiger charge is -2.22. The minimum atomic E-state index is -0.633. The Hall–Kier alpha value is -6.24. The van der Waals surface area contributed by atoms with Crippen molar-refractivity contribution in [2.75, 3.05) is 38.7 Å². The Balaban J connectivity index is 1.17. The van der Waals surface area contributed by atoms with E-state index in [-0.39, 0.29) is 37.0 Å². The molecule has 0 spiro atoms. The molecule has 3 heterocycles. The molecule has 0 aromatic heterocycles. The van der Waals surface area contributed by atoms with E-state index in [1.54, 1.807) is 69.3 Å². The van der Waals surface area contributed by atoms with Gasteiger partial charge in [-0.15, -0.1) is 0 Å². The highest BCUT2D eigenvalue weighted by Gasteiger charge is 2.28. The molecule has 2 atom stereocenters. The number of carbonyl (C=O) groups is 4. The predicted octanol–water partition coefficient (Wildman–Crippen LogP) is 7.19. The lowest BCUT2D eigenvalue weighted by molar-refractivity contribution is -0.117. The van der Waals surface area contributed by atoms with Crippen molar-refractivity contribution in [3.8, 4) is 22.6 Å². The Morgan fingerprint density at radius 2 is 1.54 bits per heavy atom. The van der Waals surface area contributed by atoms with Crippen LogP contribution in [0.15, 0.2) is 72.8 Å². The summed E-state index contributed by atoms with van der Waals surface area (Å²) in [7, 11) is 0. The molecule has 3 aliphatic rings. The first kappa shape index (κ1) is 34.2. The molecule has 6 N–H and O–H groups in total. The number of ether oxygens (including phenoxy) is 3. The molecule has 0 saturated carbocycles. The third-order valence-electron chi connectivity index (χ3n) is 8.67. The molecule has 52 heavy (non-hydrogen) atoms. The van der Waals surface area contributed by atoms with E-state index in [0.29, 0.717) is 58.3 Å². The summed E-state index contributed by atoms with van der Waals surface area (Å²) in [5.74, 6) is 0.480. The van der Waals surface area contributed by atoms with Gasteiger partial charge >= 0.3 is 6.09 Å². The summed E-state index contributed by atoms with van der Waals surface area (Å²) in [6, 6.07) is 21.2. The molecule has 4 aromatic carbocycles. The van der Waals surface area contributed by atoms with Gasteiger partial charge in [-0.1, -0.05) is 18.2 Å². The van der Waals surface area contributed by atoms with Gasteiger partial charge < -0.3 is 40.8 Å². The molecule has 0 saturated heterocycles. The Morgan fingerprint density at radius 3 is 2.33 bits per heavy atom. The van der Waals surface area contributed by atoms with Crippen LogP contribution >= 0.6 is 0 Å². The first-order chi connectivity index (χ1) is 24.9. The molecule has 268 valence electrons. The van der Waals surface area contributed by atoms with E-state index in [1.165, 1.54) is 0 Å². The normalized spacial score (nSPS) is 17.5. The molecule has 0 fully saturated rings. The quantitative estimate of drug-likeness (QED) is 0.122. The van der Waals surface area contributed by atoms with Crippen LogP contribution in [-0.2, 0) is 20.7 Å². The third-order valence-corrected chi connectivity index (χ3v) is 8.67. The van der Waals surface area contributed by atoms with Gasteiger partial charge in [-0.3, -0.25) is 19.7 Å². The summed E-state index contributed by atoms with van der Waals surface area (Å²) >= 11 is 0. The monoisotopic (exact) mass is 704 g/mol. The van der Waals surface area contributed by atoms with Crippen molar-refractivity contribution >= 4 is 57.9 Å². The Morgan fingerprint density at radius 1 is 0.808 bits per heavy atom. The highest BCUT2D eigenvalue weighted by molar-refractivity contribution is 6.11. The zero-order valence-corrected chi connectivity index (χ0v) is 29.3. The number of rotatable bonds is 6. The summed E-state index contributed by atoms with van der Waals surface area (Å²) in [5.41, 5.74) is 5.78. The summed E-state index contributed by atoms with van der Waals surface area (Å²) in [5, 5.41) is 18.7. The van der Waals surface area contributed by atoms with Crippen LogP contribution in [0.2, 0.25) is 0 Å². The number of para-hydroxylation sites is 1. The summed E-state index contributed by atoms with van der Waals surface area (Å²) in [4.78, 5) is 52.0. The number of fused-ring (bicyclic) bond motifs is 3. The maximum Gasteiger partial charge on any atom is 0.412 e. The van der Waals surface area contributed by atoms with Crippen molar-refractivity contribution in [1.29, 1.82) is 0 Å². The largest absolute Gasteiger partial charge is 0.454 e. The van der Waals surface area contributed by atoms with Gasteiger partial charge in [-0.25, -0.2) is 4.79 Å². The second kappa shape index (κ2) is 13.8. The zero-order chi connectivity index (χ0) is 36.6. The maximum atomic E-state index is 13.6. The van der Waals surface area contributed by atoms with Gasteiger partial charge in [0, 0.05) is 47.9 Å². The van der Waals surface area contributed by atoms with Gasteiger partial charge in [0.05, 0.1) is 28.3 Å². The molecule has 3 aliphatic heterocycles. The highest BCUT2D eigenvalue weighted by Crippen LogP contribution is 2.40. The first-order valence-corrected chi connectivity index (χ1v) is 17.1. The summed E-state index contributed by atoms with van der Waals surface area (Å²) < 4.78 is 16.2. The number of carbonyl (C=O) groups excluding carboxylic acids is 4. The minimum absolute atomic E-state index is 0.113. The fourth-order valence-electron chi connectivity index (χ4n) is 6.49. The Labute approximate surface area is 300 Å². The Kier molecular flexibility index (Phi) is 9.09. The van der Waals surface area contributed by atoms with Gasteiger partial charge in [0.2, 0.25) is 18.6 Å². The zero-order valence-electron chi connectivity index (χ0n) is 29.3. The molecular weight excluding hydrogens is 664 g/mol. The van der Waals surface area contributed by atoms with E-state index in [9.17, 15) is 19.2 Å². The van der Waals surface area contributed by atoms with Crippen LogP contribution in [0.4, 0.5) is 38.9 Å². The molecular formula is C39H40N6O7. The van der Waals surface area contributed by atoms with Gasteiger partial charge in [0.15, 0.2) is 11.5 Å². The van der Waals surface area contributed by atoms with Crippen molar-refractivity contribution < 1.29 is 33.4 Å². The second-order valence-corrected chi connectivity index (χ2v) is 14.1. The van der Waals surface area contributed by atoms with Crippen molar-refractivity contribution in [1.82, 2.24) is 0 Å². The fourth-order valence-corrected chi connectivity index (χ4v) is 6.49. The smallest absolute Gasteiger partial charge is 0.412 e. The second-order valence-electron chi connectivity index (χ2n) is 14.1. The predicted molar refractivity (Wildman–Crippen MR) is 199 cm³/mol. The minimum Gasteiger partial charge on any atom is -0.454 e. The molecule has 0 aliphatic carbocycles. The van der Waals surface area contributed by atoms with Gasteiger partial charge in [0.1, 0.15) is 5.60 Å². The molecule has 0 bridgehead atoms.